The van der Waals surface area contributed by atoms with Crippen LogP contribution >= 0.6 is 11.6 Å². The van der Waals surface area contributed by atoms with Crippen LogP contribution in [0.5, 0.6) is 5.75 Å². The summed E-state index contributed by atoms with van der Waals surface area (Å²) in [6.07, 6.45) is 0.948. The van der Waals surface area contributed by atoms with Gasteiger partial charge in [0.25, 0.3) is 5.91 Å². The topological polar surface area (TPSA) is 84.5 Å². The maximum absolute atomic E-state index is 13.4. The van der Waals surface area contributed by atoms with Crippen LogP contribution in [0.2, 0.25) is 5.02 Å². The lowest BCUT2D eigenvalue weighted by Gasteiger charge is -2.32. The van der Waals surface area contributed by atoms with Crippen molar-refractivity contribution in [1.29, 1.82) is 0 Å². The van der Waals surface area contributed by atoms with Gasteiger partial charge >= 0.3 is 5.97 Å². The zero-order chi connectivity index (χ0) is 22.5. The van der Waals surface area contributed by atoms with Crippen molar-refractivity contribution in [2.45, 2.75) is 18.9 Å². The zero-order valence-corrected chi connectivity index (χ0v) is 17.8. The number of esters is 1. The van der Waals surface area contributed by atoms with E-state index in [4.69, 9.17) is 21.1 Å². The fraction of sp³-hybridized carbons (Fsp3) is 0.261. The molecule has 1 fully saturated rings. The maximum Gasteiger partial charge on any atom is 0.356 e. The van der Waals surface area contributed by atoms with E-state index in [0.29, 0.717) is 42.4 Å². The number of piperidine rings is 1. The summed E-state index contributed by atoms with van der Waals surface area (Å²) in [5.41, 5.74) is 1.66. The largest absolute Gasteiger partial charge is 0.489 e. The summed E-state index contributed by atoms with van der Waals surface area (Å²) in [6, 6.07) is 15.0. The van der Waals surface area contributed by atoms with Crippen LogP contribution in [0.25, 0.3) is 11.3 Å². The van der Waals surface area contributed by atoms with Gasteiger partial charge in [-0.15, -0.1) is 0 Å². The Morgan fingerprint density at radius 1 is 1.12 bits per heavy atom. The normalized spacial score (nSPS) is 14.2. The summed E-state index contributed by atoms with van der Waals surface area (Å²) in [7, 11) is 0. The predicted octanol–water partition coefficient (Wildman–Crippen LogP) is 4.10. The highest BCUT2D eigenvalue weighted by molar-refractivity contribution is 6.32. The molecule has 0 saturated carbocycles. The average molecular weight is 458 g/mol. The Morgan fingerprint density at radius 2 is 1.88 bits per heavy atom. The number of aromatic nitrogens is 2. The molecule has 3 aromatic rings. The molecular weight excluding hydrogens is 437 g/mol. The van der Waals surface area contributed by atoms with E-state index in [1.807, 2.05) is 30.3 Å². The molecule has 0 aliphatic carbocycles. The van der Waals surface area contributed by atoms with Crippen molar-refractivity contribution < 1.29 is 23.5 Å². The van der Waals surface area contributed by atoms with Gasteiger partial charge < -0.3 is 14.4 Å². The van der Waals surface area contributed by atoms with E-state index in [-0.39, 0.29) is 24.3 Å². The summed E-state index contributed by atoms with van der Waals surface area (Å²) < 4.78 is 24.3. The molecule has 1 amide bonds. The fourth-order valence-corrected chi connectivity index (χ4v) is 3.61. The van der Waals surface area contributed by atoms with Crippen molar-refractivity contribution in [2.24, 2.45) is 0 Å². The highest BCUT2D eigenvalue weighted by Gasteiger charge is 2.25. The molecule has 2 heterocycles. The highest BCUT2D eigenvalue weighted by atomic mass is 35.5. The first-order valence-electron chi connectivity index (χ1n) is 10.2. The third-order valence-electron chi connectivity index (χ3n) is 5.18. The van der Waals surface area contributed by atoms with Crippen LogP contribution in [0, 0.1) is 5.82 Å². The number of nitrogens with zero attached hydrogens (tertiary/aromatic N) is 2. The Bertz CT molecular complexity index is 1100. The number of hydrogen-bond acceptors (Lipinski definition) is 5. The van der Waals surface area contributed by atoms with E-state index in [1.165, 1.54) is 18.2 Å². The van der Waals surface area contributed by atoms with Crippen LogP contribution in [0.4, 0.5) is 4.39 Å². The van der Waals surface area contributed by atoms with E-state index in [1.54, 1.807) is 11.0 Å². The number of carbonyl (C=O) groups excluding carboxylic acids is 2. The molecule has 2 aromatic carbocycles. The number of amides is 1. The number of ether oxygens (including phenoxy) is 2. The molecule has 0 atom stereocenters. The summed E-state index contributed by atoms with van der Waals surface area (Å²) in [4.78, 5) is 26.3. The molecule has 0 radical (unpaired) electrons. The van der Waals surface area contributed by atoms with Crippen LogP contribution in [-0.4, -0.2) is 52.8 Å². The smallest absolute Gasteiger partial charge is 0.356 e. The Morgan fingerprint density at radius 3 is 2.62 bits per heavy atom. The summed E-state index contributed by atoms with van der Waals surface area (Å²) in [5, 5.41) is 7.09. The lowest BCUT2D eigenvalue weighted by Crippen LogP contribution is -2.43. The Kier molecular flexibility index (Phi) is 6.70. The molecule has 32 heavy (non-hydrogen) atoms. The van der Waals surface area contributed by atoms with Crippen molar-refractivity contribution >= 4 is 23.5 Å². The number of likely N-dealkylation sites (tertiary alicyclic amines) is 1. The minimum atomic E-state index is -0.646. The summed E-state index contributed by atoms with van der Waals surface area (Å²) in [5.74, 6) is -1.07. The van der Waals surface area contributed by atoms with Gasteiger partial charge in [-0.25, -0.2) is 9.18 Å². The quantitative estimate of drug-likeness (QED) is 0.563. The van der Waals surface area contributed by atoms with Crippen molar-refractivity contribution in [3.8, 4) is 17.0 Å². The van der Waals surface area contributed by atoms with Gasteiger partial charge in [-0.05, 0) is 18.2 Å². The van der Waals surface area contributed by atoms with Crippen LogP contribution in [-0.2, 0) is 9.53 Å². The molecule has 1 N–H and O–H groups in total. The number of carbonyl (C=O) groups is 2. The van der Waals surface area contributed by atoms with Crippen molar-refractivity contribution in [2.75, 3.05) is 19.7 Å². The Hall–Kier alpha value is -3.39. The number of halogens is 2. The molecule has 7 nitrogen and oxygen atoms in total. The van der Waals surface area contributed by atoms with Crippen molar-refractivity contribution in [3.63, 3.8) is 0 Å². The molecule has 166 valence electrons. The Balaban J connectivity index is 1.24. The van der Waals surface area contributed by atoms with E-state index < -0.39 is 11.8 Å². The average Bonchev–Trinajstić information content (AvgIpc) is 3.31. The van der Waals surface area contributed by atoms with E-state index >= 15 is 0 Å². The zero-order valence-electron chi connectivity index (χ0n) is 17.1. The first-order valence-corrected chi connectivity index (χ1v) is 10.5. The summed E-state index contributed by atoms with van der Waals surface area (Å²) >= 11 is 6.04. The first kappa shape index (κ1) is 21.8. The minimum absolute atomic E-state index is 0.177. The van der Waals surface area contributed by atoms with E-state index in [2.05, 4.69) is 10.2 Å². The Labute approximate surface area is 189 Å². The van der Waals surface area contributed by atoms with Crippen molar-refractivity contribution in [3.05, 3.63) is 71.1 Å². The molecule has 1 aliphatic rings. The first-order chi connectivity index (χ1) is 15.5. The maximum atomic E-state index is 13.4. The molecular formula is C23H21ClFN3O4. The lowest BCUT2D eigenvalue weighted by molar-refractivity contribution is -0.136. The monoisotopic (exact) mass is 457 g/mol. The SMILES string of the molecule is O=C(OCC(=O)N1CCC(Oc2cc(F)ccc2Cl)CC1)c1cc(-c2ccccc2)n[nH]1. The number of hydrogen-bond donors (Lipinski definition) is 1. The number of aromatic amines is 1. The van der Waals surface area contributed by atoms with Gasteiger partial charge in [0, 0.05) is 37.6 Å². The minimum Gasteiger partial charge on any atom is -0.489 e. The number of nitrogens with one attached hydrogen (secondary N) is 1. The van der Waals surface area contributed by atoms with E-state index in [9.17, 15) is 14.0 Å². The third-order valence-corrected chi connectivity index (χ3v) is 5.49. The molecule has 0 unspecified atom stereocenters. The van der Waals surface area contributed by atoms with Crippen LogP contribution in [0.3, 0.4) is 0 Å². The second kappa shape index (κ2) is 9.82. The van der Waals surface area contributed by atoms with Gasteiger partial charge in [0.1, 0.15) is 23.4 Å². The standard InChI is InChI=1S/C23H21ClFN3O4/c24-18-7-6-16(25)12-21(18)32-17-8-10-28(11-9-17)22(29)14-31-23(30)20-13-19(26-27-20)15-4-2-1-3-5-15/h1-7,12-13,17H,8-11,14H2,(H,26,27). The second-order valence-electron chi connectivity index (χ2n) is 7.38. The molecule has 0 spiro atoms. The third kappa shape index (κ3) is 5.26. The lowest BCUT2D eigenvalue weighted by atomic mass is 10.1. The fourth-order valence-electron chi connectivity index (χ4n) is 3.45. The number of H-pyrrole nitrogens is 1. The van der Waals surface area contributed by atoms with Gasteiger partial charge in [0.2, 0.25) is 0 Å². The van der Waals surface area contributed by atoms with Crippen LogP contribution in [0.15, 0.2) is 54.6 Å². The van der Waals surface area contributed by atoms with Gasteiger partial charge in [-0.3, -0.25) is 9.89 Å². The molecule has 0 bridgehead atoms. The molecule has 4 rings (SSSR count). The number of rotatable bonds is 6. The highest BCUT2D eigenvalue weighted by Crippen LogP contribution is 2.28. The van der Waals surface area contributed by atoms with Gasteiger partial charge in [-0.2, -0.15) is 5.10 Å². The molecule has 1 aliphatic heterocycles. The van der Waals surface area contributed by atoms with Gasteiger partial charge in [-0.1, -0.05) is 41.9 Å². The van der Waals surface area contributed by atoms with Crippen LogP contribution in [0.1, 0.15) is 23.3 Å². The van der Waals surface area contributed by atoms with Crippen molar-refractivity contribution in [1.82, 2.24) is 15.1 Å². The van der Waals surface area contributed by atoms with Gasteiger partial charge in [0.05, 0.1) is 10.7 Å². The molecule has 1 aromatic heterocycles. The predicted molar refractivity (Wildman–Crippen MR) is 116 cm³/mol. The van der Waals surface area contributed by atoms with Crippen LogP contribution < -0.4 is 4.74 Å². The number of benzene rings is 2. The molecule has 9 heteroatoms. The molecule has 1 saturated heterocycles. The second-order valence-corrected chi connectivity index (χ2v) is 7.79. The van der Waals surface area contributed by atoms with E-state index in [0.717, 1.165) is 5.56 Å². The van der Waals surface area contributed by atoms with Gasteiger partial charge in [0.15, 0.2) is 6.61 Å². The summed E-state index contributed by atoms with van der Waals surface area (Å²) in [6.45, 7) is 0.520.